The molecule has 1 atom stereocenters. The molecule has 0 fully saturated rings. The molecule has 2 aromatic rings. The van der Waals surface area contributed by atoms with Crippen LogP contribution in [0.4, 0.5) is 4.39 Å². The van der Waals surface area contributed by atoms with Gasteiger partial charge in [0.25, 0.3) is 0 Å². The Balaban J connectivity index is 1.81. The smallest absolute Gasteiger partial charge is 0.123 e. The van der Waals surface area contributed by atoms with E-state index in [1.54, 1.807) is 17.1 Å². The number of aliphatic hydroxyl groups excluding tert-OH is 1. The quantitative estimate of drug-likeness (QED) is 0.920. The topological polar surface area (TPSA) is 47.3 Å². The molecule has 2 rings (SSSR count). The molecule has 0 bridgehead atoms. The van der Waals surface area contributed by atoms with Crippen molar-refractivity contribution in [1.29, 1.82) is 0 Å². The molecular weight excluding hydrogens is 303 g/mol. The lowest BCUT2D eigenvalue weighted by Gasteiger charge is -2.12. The zero-order valence-corrected chi connectivity index (χ0v) is 11.0. The summed E-state index contributed by atoms with van der Waals surface area (Å²) < 4.78 is 20.5. The van der Waals surface area contributed by atoms with Crippen LogP contribution in [0.15, 0.2) is 41.1 Å². The maximum Gasteiger partial charge on any atom is 0.123 e. The number of aliphatic hydroxyl groups is 1. The highest BCUT2D eigenvalue weighted by molar-refractivity contribution is 9.10. The first kappa shape index (κ1) is 13.0. The predicted molar refractivity (Wildman–Crippen MR) is 67.8 cm³/mol. The number of hydrogen-bond donors (Lipinski definition) is 1. The van der Waals surface area contributed by atoms with E-state index in [9.17, 15) is 9.50 Å². The molecule has 0 aliphatic rings. The van der Waals surface area contributed by atoms with E-state index in [0.29, 0.717) is 12.3 Å². The second-order valence-electron chi connectivity index (χ2n) is 3.80. The molecule has 0 radical (unpaired) electrons. The summed E-state index contributed by atoms with van der Waals surface area (Å²) in [5, 5.41) is 13.8. The molecule has 4 nitrogen and oxygen atoms in total. The fraction of sp³-hybridized carbons (Fsp3) is 0.250. The fourth-order valence-electron chi connectivity index (χ4n) is 1.43. The van der Waals surface area contributed by atoms with Crippen LogP contribution in [0.5, 0.6) is 5.75 Å². The monoisotopic (exact) mass is 314 g/mol. The second-order valence-corrected chi connectivity index (χ2v) is 4.72. The standard InChI is InChI=1S/C12H12BrFN2O2/c13-9-5-15-16(6-9)7-11(17)8-18-12-3-1-10(14)2-4-12/h1-6,11,17H,7-8H2/t11-/m0/s1. The van der Waals surface area contributed by atoms with Gasteiger partial charge in [-0.05, 0) is 40.2 Å². The van der Waals surface area contributed by atoms with Crippen LogP contribution in [0.2, 0.25) is 0 Å². The Morgan fingerprint density at radius 3 is 2.72 bits per heavy atom. The third-order valence-corrected chi connectivity index (χ3v) is 2.67. The molecule has 1 heterocycles. The molecule has 0 aliphatic heterocycles. The van der Waals surface area contributed by atoms with Gasteiger partial charge in [0.2, 0.25) is 0 Å². The third-order valence-electron chi connectivity index (χ3n) is 2.26. The van der Waals surface area contributed by atoms with Crippen molar-refractivity contribution < 1.29 is 14.2 Å². The Labute approximate surface area is 112 Å². The van der Waals surface area contributed by atoms with E-state index in [1.165, 1.54) is 24.3 Å². The first-order valence-corrected chi connectivity index (χ1v) is 6.17. The van der Waals surface area contributed by atoms with Crippen molar-refractivity contribution in [3.63, 3.8) is 0 Å². The van der Waals surface area contributed by atoms with Crippen molar-refractivity contribution in [3.05, 3.63) is 46.9 Å². The van der Waals surface area contributed by atoms with E-state index in [1.807, 2.05) is 0 Å². The van der Waals surface area contributed by atoms with Gasteiger partial charge in [0.05, 0.1) is 17.2 Å². The van der Waals surface area contributed by atoms with Crippen LogP contribution in [0.1, 0.15) is 0 Å². The maximum absolute atomic E-state index is 12.7. The van der Waals surface area contributed by atoms with Crippen LogP contribution >= 0.6 is 15.9 Å². The molecule has 0 aliphatic carbocycles. The van der Waals surface area contributed by atoms with Crippen molar-refractivity contribution in [2.75, 3.05) is 6.61 Å². The number of hydrogen-bond acceptors (Lipinski definition) is 3. The maximum atomic E-state index is 12.7. The zero-order chi connectivity index (χ0) is 13.0. The molecule has 1 aromatic heterocycles. The molecule has 1 aromatic carbocycles. The first-order chi connectivity index (χ1) is 8.63. The van der Waals surface area contributed by atoms with Crippen LogP contribution in [0.25, 0.3) is 0 Å². The van der Waals surface area contributed by atoms with E-state index < -0.39 is 6.10 Å². The summed E-state index contributed by atoms with van der Waals surface area (Å²) in [7, 11) is 0. The summed E-state index contributed by atoms with van der Waals surface area (Å²) in [5.74, 6) is 0.210. The van der Waals surface area contributed by atoms with E-state index >= 15 is 0 Å². The SMILES string of the molecule is O[C@H](COc1ccc(F)cc1)Cn1cc(Br)cn1. The van der Waals surface area contributed by atoms with Crippen molar-refractivity contribution in [2.45, 2.75) is 12.6 Å². The molecule has 0 saturated heterocycles. The second kappa shape index (κ2) is 5.97. The Hall–Kier alpha value is -1.40. The van der Waals surface area contributed by atoms with Gasteiger partial charge < -0.3 is 9.84 Å². The van der Waals surface area contributed by atoms with Gasteiger partial charge in [0, 0.05) is 6.20 Å². The molecule has 96 valence electrons. The average molecular weight is 315 g/mol. The van der Waals surface area contributed by atoms with Crippen molar-refractivity contribution >= 4 is 15.9 Å². The third kappa shape index (κ3) is 3.82. The van der Waals surface area contributed by atoms with Gasteiger partial charge in [0.15, 0.2) is 0 Å². The molecule has 6 heteroatoms. The van der Waals surface area contributed by atoms with E-state index in [4.69, 9.17) is 4.74 Å². The van der Waals surface area contributed by atoms with Crippen molar-refractivity contribution in [3.8, 4) is 5.75 Å². The van der Waals surface area contributed by atoms with Gasteiger partial charge in [-0.2, -0.15) is 5.10 Å². The zero-order valence-electron chi connectivity index (χ0n) is 9.46. The summed E-state index contributed by atoms with van der Waals surface area (Å²) in [6.07, 6.45) is 2.73. The van der Waals surface area contributed by atoms with E-state index in [2.05, 4.69) is 21.0 Å². The highest BCUT2D eigenvalue weighted by Crippen LogP contribution is 2.12. The summed E-state index contributed by atoms with van der Waals surface area (Å²) in [6, 6.07) is 5.66. The normalized spacial score (nSPS) is 12.4. The molecule has 0 spiro atoms. The molecule has 18 heavy (non-hydrogen) atoms. The van der Waals surface area contributed by atoms with Gasteiger partial charge in [-0.3, -0.25) is 4.68 Å². The Morgan fingerprint density at radius 1 is 1.39 bits per heavy atom. The van der Waals surface area contributed by atoms with Gasteiger partial charge in [-0.1, -0.05) is 0 Å². The van der Waals surface area contributed by atoms with Gasteiger partial charge in [-0.15, -0.1) is 0 Å². The highest BCUT2D eigenvalue weighted by atomic mass is 79.9. The number of nitrogens with zero attached hydrogens (tertiary/aromatic N) is 2. The molecule has 0 saturated carbocycles. The summed E-state index contributed by atoms with van der Waals surface area (Å²) >= 11 is 3.27. The van der Waals surface area contributed by atoms with Crippen LogP contribution in [-0.2, 0) is 6.54 Å². The number of halogens is 2. The highest BCUT2D eigenvalue weighted by Gasteiger charge is 2.07. The molecule has 1 N–H and O–H groups in total. The minimum Gasteiger partial charge on any atom is -0.491 e. The Bertz CT molecular complexity index is 501. The van der Waals surface area contributed by atoms with Crippen LogP contribution in [-0.4, -0.2) is 27.6 Å². The van der Waals surface area contributed by atoms with E-state index in [0.717, 1.165) is 4.47 Å². The summed E-state index contributed by atoms with van der Waals surface area (Å²) in [4.78, 5) is 0. The van der Waals surface area contributed by atoms with Crippen molar-refractivity contribution in [1.82, 2.24) is 9.78 Å². The molecular formula is C12H12BrFN2O2. The number of rotatable bonds is 5. The first-order valence-electron chi connectivity index (χ1n) is 5.38. The van der Waals surface area contributed by atoms with Crippen LogP contribution < -0.4 is 4.74 Å². The lowest BCUT2D eigenvalue weighted by atomic mass is 10.3. The number of aromatic nitrogens is 2. The largest absolute Gasteiger partial charge is 0.491 e. The fourth-order valence-corrected chi connectivity index (χ4v) is 1.76. The summed E-state index contributed by atoms with van der Waals surface area (Å²) in [6.45, 7) is 0.468. The molecule has 0 amide bonds. The van der Waals surface area contributed by atoms with Crippen molar-refractivity contribution in [2.24, 2.45) is 0 Å². The lowest BCUT2D eigenvalue weighted by Crippen LogP contribution is -2.23. The minimum absolute atomic E-state index is 0.128. The van der Waals surface area contributed by atoms with Gasteiger partial charge >= 0.3 is 0 Å². The van der Waals surface area contributed by atoms with Gasteiger partial charge in [-0.25, -0.2) is 4.39 Å². The number of ether oxygens (including phenoxy) is 1. The minimum atomic E-state index is -0.679. The molecule has 0 unspecified atom stereocenters. The predicted octanol–water partition coefficient (Wildman–Crippen LogP) is 2.22. The van der Waals surface area contributed by atoms with Gasteiger partial charge in [0.1, 0.15) is 24.3 Å². The van der Waals surface area contributed by atoms with Crippen LogP contribution in [0.3, 0.4) is 0 Å². The van der Waals surface area contributed by atoms with E-state index in [-0.39, 0.29) is 12.4 Å². The summed E-state index contributed by atoms with van der Waals surface area (Å²) in [5.41, 5.74) is 0. The van der Waals surface area contributed by atoms with Crippen LogP contribution in [0, 0.1) is 5.82 Å². The lowest BCUT2D eigenvalue weighted by molar-refractivity contribution is 0.0893. The Kier molecular flexibility index (Phi) is 4.33. The average Bonchev–Trinajstić information content (AvgIpc) is 2.74. The Morgan fingerprint density at radius 2 is 2.11 bits per heavy atom. The number of benzene rings is 1.